The molecular weight excluding hydrogens is 236 g/mol. The molecule has 0 atom stereocenters. The van der Waals surface area contributed by atoms with Crippen LogP contribution >= 0.6 is 0 Å². The van der Waals surface area contributed by atoms with Gasteiger partial charge in [0.05, 0.1) is 6.20 Å². The molecule has 0 spiro atoms. The largest absolute Gasteiger partial charge is 0.317 e. The predicted octanol–water partition coefficient (Wildman–Crippen LogP) is 2.43. The van der Waals surface area contributed by atoms with Gasteiger partial charge >= 0.3 is 0 Å². The minimum absolute atomic E-state index is 0.449. The number of rotatable bonds is 5. The van der Waals surface area contributed by atoms with E-state index >= 15 is 0 Å². The van der Waals surface area contributed by atoms with Crippen molar-refractivity contribution >= 4 is 0 Å². The summed E-state index contributed by atoms with van der Waals surface area (Å²) in [5.41, 5.74) is 1.33. The molecule has 0 bridgehead atoms. The molecule has 0 aromatic carbocycles. The summed E-state index contributed by atoms with van der Waals surface area (Å²) in [6, 6.07) is 1.91. The molecule has 1 heterocycles. The van der Waals surface area contributed by atoms with Gasteiger partial charge in [0, 0.05) is 36.4 Å². The molecule has 0 amide bonds. The second kappa shape index (κ2) is 6.53. The molecule has 1 saturated carbocycles. The van der Waals surface area contributed by atoms with Crippen molar-refractivity contribution in [2.24, 2.45) is 0 Å². The van der Waals surface area contributed by atoms with Crippen LogP contribution in [0.25, 0.3) is 0 Å². The van der Waals surface area contributed by atoms with Gasteiger partial charge < -0.3 is 5.32 Å². The fourth-order valence-electron chi connectivity index (χ4n) is 2.96. The number of nitrogens with one attached hydrogen (secondary N) is 1. The lowest BCUT2D eigenvalue weighted by atomic mass is 9.90. The maximum absolute atomic E-state index is 4.42. The average molecular weight is 264 g/mol. The van der Waals surface area contributed by atoms with Crippen molar-refractivity contribution in [3.63, 3.8) is 0 Å². The third kappa shape index (κ3) is 3.80. The van der Waals surface area contributed by atoms with Crippen LogP contribution in [-0.2, 0) is 6.54 Å². The summed E-state index contributed by atoms with van der Waals surface area (Å²) in [6.45, 7) is 5.35. The van der Waals surface area contributed by atoms with Crippen molar-refractivity contribution in [1.82, 2.24) is 20.0 Å². The molecule has 1 aromatic heterocycles. The maximum Gasteiger partial charge on any atom is 0.0534 e. The zero-order valence-corrected chi connectivity index (χ0v) is 12.8. The summed E-state index contributed by atoms with van der Waals surface area (Å²) >= 11 is 0. The van der Waals surface area contributed by atoms with Crippen LogP contribution in [0.5, 0.6) is 0 Å². The van der Waals surface area contributed by atoms with E-state index in [1.54, 1.807) is 0 Å². The molecule has 2 rings (SSSR count). The Morgan fingerprint density at radius 2 is 2.05 bits per heavy atom. The quantitative estimate of drug-likeness (QED) is 0.886. The van der Waals surface area contributed by atoms with Crippen LogP contribution in [0.3, 0.4) is 0 Å². The average Bonchev–Trinajstić information content (AvgIpc) is 2.87. The first-order chi connectivity index (χ1) is 9.10. The molecule has 108 valence electrons. The van der Waals surface area contributed by atoms with Crippen molar-refractivity contribution in [1.29, 1.82) is 0 Å². The minimum atomic E-state index is 0.449. The summed E-state index contributed by atoms with van der Waals surface area (Å²) in [5.74, 6) is 0. The predicted molar refractivity (Wildman–Crippen MR) is 79.2 cm³/mol. The monoisotopic (exact) mass is 264 g/mol. The molecular formula is C15H28N4. The van der Waals surface area contributed by atoms with Crippen LogP contribution in [0.1, 0.15) is 51.1 Å². The molecule has 1 aliphatic carbocycles. The van der Waals surface area contributed by atoms with E-state index in [9.17, 15) is 0 Å². The van der Waals surface area contributed by atoms with Crippen LogP contribution in [0.4, 0.5) is 0 Å². The fraction of sp³-hybridized carbons (Fsp3) is 0.800. The smallest absolute Gasteiger partial charge is 0.0534 e. The Morgan fingerprint density at radius 3 is 2.58 bits per heavy atom. The number of hydrogen-bond donors (Lipinski definition) is 1. The van der Waals surface area contributed by atoms with Crippen LogP contribution in [0.15, 0.2) is 12.4 Å². The van der Waals surface area contributed by atoms with Crippen LogP contribution in [-0.4, -0.2) is 40.9 Å². The lowest BCUT2D eigenvalue weighted by Gasteiger charge is -2.34. The first-order valence-corrected chi connectivity index (χ1v) is 7.50. The summed E-state index contributed by atoms with van der Waals surface area (Å²) in [6.07, 6.45) is 9.41. The van der Waals surface area contributed by atoms with Gasteiger partial charge in [0.2, 0.25) is 0 Å². The Balaban J connectivity index is 1.85. The first kappa shape index (κ1) is 14.5. The Morgan fingerprint density at radius 1 is 1.37 bits per heavy atom. The minimum Gasteiger partial charge on any atom is -0.317 e. The van der Waals surface area contributed by atoms with E-state index in [0.29, 0.717) is 6.04 Å². The molecule has 0 radical (unpaired) electrons. The van der Waals surface area contributed by atoms with E-state index in [1.165, 1.54) is 31.2 Å². The molecule has 0 unspecified atom stereocenters. The van der Waals surface area contributed by atoms with E-state index in [4.69, 9.17) is 0 Å². The summed E-state index contributed by atoms with van der Waals surface area (Å²) in [7, 11) is 4.33. The molecule has 0 aliphatic heterocycles. The van der Waals surface area contributed by atoms with Gasteiger partial charge in [0.15, 0.2) is 0 Å². The summed E-state index contributed by atoms with van der Waals surface area (Å²) < 4.78 is 2.04. The lowest BCUT2D eigenvalue weighted by Crippen LogP contribution is -2.39. The number of aromatic nitrogens is 2. The van der Waals surface area contributed by atoms with Crippen LogP contribution < -0.4 is 5.32 Å². The second-order valence-electron chi connectivity index (χ2n) is 6.13. The van der Waals surface area contributed by atoms with Crippen molar-refractivity contribution in [3.8, 4) is 0 Å². The highest BCUT2D eigenvalue weighted by molar-refractivity contribution is 5.04. The van der Waals surface area contributed by atoms with E-state index in [-0.39, 0.29) is 0 Å². The molecule has 1 fully saturated rings. The molecule has 4 heteroatoms. The second-order valence-corrected chi connectivity index (χ2v) is 6.13. The van der Waals surface area contributed by atoms with Gasteiger partial charge in [-0.25, -0.2) is 0 Å². The highest BCUT2D eigenvalue weighted by Gasteiger charge is 2.23. The number of hydrogen-bond acceptors (Lipinski definition) is 3. The van der Waals surface area contributed by atoms with Gasteiger partial charge in [-0.05, 0) is 53.6 Å². The Kier molecular flexibility index (Phi) is 4.99. The van der Waals surface area contributed by atoms with Gasteiger partial charge in [-0.15, -0.1) is 0 Å². The molecule has 1 aromatic rings. The summed E-state index contributed by atoms with van der Waals surface area (Å²) in [4.78, 5) is 2.49. The van der Waals surface area contributed by atoms with E-state index in [2.05, 4.69) is 49.5 Å². The molecule has 0 saturated heterocycles. The third-order valence-corrected chi connectivity index (χ3v) is 4.34. The van der Waals surface area contributed by atoms with Crippen molar-refractivity contribution in [2.75, 3.05) is 14.1 Å². The zero-order chi connectivity index (χ0) is 13.8. The lowest BCUT2D eigenvalue weighted by molar-refractivity contribution is 0.170. The Bertz CT molecular complexity index is 377. The van der Waals surface area contributed by atoms with E-state index in [0.717, 1.165) is 18.6 Å². The van der Waals surface area contributed by atoms with Crippen molar-refractivity contribution < 1.29 is 0 Å². The van der Waals surface area contributed by atoms with E-state index < -0.39 is 0 Å². The standard InChI is InChI=1S/C15H28N4/c1-12(2)19-11-13(9-17-19)10-18(4)15-7-5-14(16-3)6-8-15/h9,11-12,14-16H,5-8,10H2,1-4H3. The van der Waals surface area contributed by atoms with Gasteiger partial charge in [-0.1, -0.05) is 0 Å². The highest BCUT2D eigenvalue weighted by Crippen LogP contribution is 2.23. The fourth-order valence-corrected chi connectivity index (χ4v) is 2.96. The third-order valence-electron chi connectivity index (χ3n) is 4.34. The highest BCUT2D eigenvalue weighted by atomic mass is 15.3. The molecule has 1 aliphatic rings. The Hall–Kier alpha value is -0.870. The van der Waals surface area contributed by atoms with Gasteiger partial charge in [0.1, 0.15) is 0 Å². The first-order valence-electron chi connectivity index (χ1n) is 7.50. The molecule has 19 heavy (non-hydrogen) atoms. The summed E-state index contributed by atoms with van der Waals surface area (Å²) in [5, 5.41) is 7.82. The maximum atomic E-state index is 4.42. The topological polar surface area (TPSA) is 33.1 Å². The molecule has 1 N–H and O–H groups in total. The van der Waals surface area contributed by atoms with E-state index in [1.807, 2.05) is 10.9 Å². The Labute approximate surface area is 117 Å². The SMILES string of the molecule is CNC1CCC(N(C)Cc2cnn(C(C)C)c2)CC1. The molecule has 4 nitrogen and oxygen atoms in total. The number of nitrogens with zero attached hydrogens (tertiary/aromatic N) is 3. The van der Waals surface area contributed by atoms with Gasteiger partial charge in [0.25, 0.3) is 0 Å². The van der Waals surface area contributed by atoms with Crippen molar-refractivity contribution in [3.05, 3.63) is 18.0 Å². The van der Waals surface area contributed by atoms with Crippen molar-refractivity contribution in [2.45, 2.75) is 64.2 Å². The van der Waals surface area contributed by atoms with Gasteiger partial charge in [-0.3, -0.25) is 9.58 Å². The van der Waals surface area contributed by atoms with Gasteiger partial charge in [-0.2, -0.15) is 5.10 Å². The van der Waals surface area contributed by atoms with Crippen LogP contribution in [0, 0.1) is 0 Å². The van der Waals surface area contributed by atoms with Crippen LogP contribution in [0.2, 0.25) is 0 Å². The zero-order valence-electron chi connectivity index (χ0n) is 12.8. The normalized spacial score (nSPS) is 24.3.